The lowest BCUT2D eigenvalue weighted by atomic mass is 10.00. The summed E-state index contributed by atoms with van der Waals surface area (Å²) in [5.74, 6) is 0.702. The van der Waals surface area contributed by atoms with Crippen LogP contribution in [0.1, 0.15) is 30.7 Å². The molecule has 0 atom stereocenters. The van der Waals surface area contributed by atoms with Gasteiger partial charge in [-0.2, -0.15) is 4.98 Å². The number of nitrogens with two attached hydrogens (primary N) is 1. The van der Waals surface area contributed by atoms with Gasteiger partial charge in [0.25, 0.3) is 0 Å². The van der Waals surface area contributed by atoms with Gasteiger partial charge in [-0.25, -0.2) is 0 Å². The highest BCUT2D eigenvalue weighted by atomic mass is 16.2. The summed E-state index contributed by atoms with van der Waals surface area (Å²) in [6.45, 7) is 0.412. The van der Waals surface area contributed by atoms with Crippen LogP contribution in [0.2, 0.25) is 0 Å². The first kappa shape index (κ1) is 15.9. The van der Waals surface area contributed by atoms with E-state index in [1.807, 2.05) is 30.3 Å². The zero-order chi connectivity index (χ0) is 16.9. The average Bonchev–Trinajstić information content (AvgIpc) is 3.15. The van der Waals surface area contributed by atoms with Crippen LogP contribution in [0.25, 0.3) is 5.57 Å². The van der Waals surface area contributed by atoms with E-state index in [9.17, 15) is 9.59 Å². The van der Waals surface area contributed by atoms with Gasteiger partial charge < -0.3 is 11.1 Å². The molecule has 0 saturated carbocycles. The highest BCUT2D eigenvalue weighted by Gasteiger charge is 2.25. The highest BCUT2D eigenvalue weighted by molar-refractivity contribution is 6.10. The van der Waals surface area contributed by atoms with Crippen molar-refractivity contribution in [1.82, 2.24) is 20.5 Å². The molecule has 3 rings (SSSR count). The number of benzene rings is 1. The van der Waals surface area contributed by atoms with Crippen molar-refractivity contribution in [3.63, 3.8) is 0 Å². The average molecular weight is 325 g/mol. The predicted molar refractivity (Wildman–Crippen MR) is 89.7 cm³/mol. The number of H-pyrrole nitrogens is 1. The number of nitrogens with zero attached hydrogens (tertiary/aromatic N) is 2. The lowest BCUT2D eigenvalue weighted by Gasteiger charge is -2.08. The minimum Gasteiger partial charge on any atom is -0.367 e. The number of hydrogen-bond acceptors (Lipinski definition) is 5. The highest BCUT2D eigenvalue weighted by Crippen LogP contribution is 2.33. The third-order valence-electron chi connectivity index (χ3n) is 4.00. The Morgan fingerprint density at radius 2 is 2.04 bits per heavy atom. The van der Waals surface area contributed by atoms with E-state index in [0.29, 0.717) is 37.2 Å². The summed E-state index contributed by atoms with van der Waals surface area (Å²) in [5, 5.41) is 9.22. The maximum Gasteiger partial charge on any atom is 0.239 e. The molecule has 1 aromatic carbocycles. The molecule has 0 fully saturated rings. The molecule has 24 heavy (non-hydrogen) atoms. The summed E-state index contributed by atoms with van der Waals surface area (Å²) in [5.41, 5.74) is 8.05. The first-order valence-corrected chi connectivity index (χ1v) is 7.87. The van der Waals surface area contributed by atoms with Crippen molar-refractivity contribution in [2.45, 2.75) is 25.7 Å². The third-order valence-corrected chi connectivity index (χ3v) is 4.00. The Labute approximate surface area is 139 Å². The number of aromatic nitrogens is 3. The Bertz CT molecular complexity index is 779. The molecule has 4 N–H and O–H groups in total. The number of rotatable bonds is 6. The number of Topliss-reactive ketones (excluding diaryl/α,β-unsaturated/α-hetero) is 1. The molecule has 1 aliphatic carbocycles. The molecule has 1 heterocycles. The topological polar surface area (TPSA) is 114 Å². The molecule has 2 aromatic rings. The van der Waals surface area contributed by atoms with Gasteiger partial charge in [0.15, 0.2) is 5.78 Å². The predicted octanol–water partition coefficient (Wildman–Crippen LogP) is 1.25. The lowest BCUT2D eigenvalue weighted by molar-refractivity contribution is -0.122. The molecule has 0 aliphatic heterocycles. The second-order valence-electron chi connectivity index (χ2n) is 5.66. The van der Waals surface area contributed by atoms with Crippen LogP contribution in [0.15, 0.2) is 35.9 Å². The molecular formula is C17H19N5O2. The van der Waals surface area contributed by atoms with Crippen LogP contribution in [-0.2, 0) is 16.0 Å². The standard InChI is InChI=1S/C17H19N5O2/c18-17-20-15(21-22-17)8-9-19-16(24)10-13-12(6-7-14(13)23)11-4-2-1-3-5-11/h1-5H,6-10H2,(H,19,24)(H3,18,20,21,22). The molecule has 7 nitrogen and oxygen atoms in total. The molecule has 0 saturated heterocycles. The molecule has 0 spiro atoms. The molecule has 0 bridgehead atoms. The van der Waals surface area contributed by atoms with Gasteiger partial charge in [0.05, 0.1) is 6.42 Å². The first-order valence-electron chi connectivity index (χ1n) is 7.87. The molecule has 1 aliphatic rings. The summed E-state index contributed by atoms with van der Waals surface area (Å²) < 4.78 is 0. The van der Waals surface area contributed by atoms with Crippen LogP contribution < -0.4 is 11.1 Å². The van der Waals surface area contributed by atoms with Crippen LogP contribution in [0, 0.1) is 0 Å². The van der Waals surface area contributed by atoms with Gasteiger partial charge in [-0.1, -0.05) is 30.3 Å². The number of hydrogen-bond donors (Lipinski definition) is 3. The SMILES string of the molecule is Nc1n[nH]c(CCNC(=O)CC2=C(c3ccccc3)CCC2=O)n1. The molecule has 1 amide bonds. The van der Waals surface area contributed by atoms with Crippen molar-refractivity contribution in [3.05, 3.63) is 47.3 Å². The van der Waals surface area contributed by atoms with Crippen molar-refractivity contribution in [2.24, 2.45) is 0 Å². The number of amides is 1. The van der Waals surface area contributed by atoms with Gasteiger partial charge in [-0.05, 0) is 17.6 Å². The normalized spacial score (nSPS) is 14.2. The lowest BCUT2D eigenvalue weighted by Crippen LogP contribution is -2.26. The third kappa shape index (κ3) is 3.68. The summed E-state index contributed by atoms with van der Waals surface area (Å²) in [7, 11) is 0. The number of ketones is 1. The largest absolute Gasteiger partial charge is 0.367 e. The van der Waals surface area contributed by atoms with Gasteiger partial charge in [-0.3, -0.25) is 14.7 Å². The minimum absolute atomic E-state index is 0.0620. The van der Waals surface area contributed by atoms with Crippen molar-refractivity contribution in [3.8, 4) is 0 Å². The number of allylic oxidation sites excluding steroid dienone is 1. The number of aromatic amines is 1. The van der Waals surface area contributed by atoms with E-state index >= 15 is 0 Å². The summed E-state index contributed by atoms with van der Waals surface area (Å²) >= 11 is 0. The van der Waals surface area contributed by atoms with Gasteiger partial charge in [0.1, 0.15) is 5.82 Å². The Kier molecular flexibility index (Phi) is 4.69. The van der Waals surface area contributed by atoms with Crippen molar-refractivity contribution >= 4 is 23.2 Å². The van der Waals surface area contributed by atoms with Crippen LogP contribution in [0.3, 0.4) is 0 Å². The summed E-state index contributed by atoms with van der Waals surface area (Å²) in [6, 6.07) is 9.75. The number of anilines is 1. The van der Waals surface area contributed by atoms with Crippen LogP contribution >= 0.6 is 0 Å². The van der Waals surface area contributed by atoms with Crippen LogP contribution in [0.5, 0.6) is 0 Å². The van der Waals surface area contributed by atoms with E-state index in [4.69, 9.17) is 5.73 Å². The van der Waals surface area contributed by atoms with Gasteiger partial charge in [-0.15, -0.1) is 5.10 Å². The summed E-state index contributed by atoms with van der Waals surface area (Å²) in [4.78, 5) is 28.2. The van der Waals surface area contributed by atoms with Crippen LogP contribution in [-0.4, -0.2) is 33.4 Å². The fourth-order valence-corrected chi connectivity index (χ4v) is 2.84. The Balaban J connectivity index is 1.60. The second-order valence-corrected chi connectivity index (χ2v) is 5.66. The zero-order valence-electron chi connectivity index (χ0n) is 13.2. The molecule has 7 heteroatoms. The van der Waals surface area contributed by atoms with E-state index in [2.05, 4.69) is 20.5 Å². The number of nitrogen functional groups attached to an aromatic ring is 1. The zero-order valence-corrected chi connectivity index (χ0v) is 13.2. The van der Waals surface area contributed by atoms with Crippen LogP contribution in [0.4, 0.5) is 5.95 Å². The molecule has 0 radical (unpaired) electrons. The van der Waals surface area contributed by atoms with Gasteiger partial charge in [0, 0.05) is 25.0 Å². The van der Waals surface area contributed by atoms with Gasteiger partial charge >= 0.3 is 0 Å². The fraction of sp³-hybridized carbons (Fsp3) is 0.294. The van der Waals surface area contributed by atoms with Crippen molar-refractivity contribution < 1.29 is 9.59 Å². The fourth-order valence-electron chi connectivity index (χ4n) is 2.84. The maximum absolute atomic E-state index is 12.1. The minimum atomic E-state index is -0.166. The van der Waals surface area contributed by atoms with E-state index in [-0.39, 0.29) is 24.1 Å². The molecule has 1 aromatic heterocycles. The second kappa shape index (κ2) is 7.08. The molecule has 124 valence electrons. The number of nitrogens with one attached hydrogen (secondary N) is 2. The Morgan fingerprint density at radius 3 is 2.75 bits per heavy atom. The Hall–Kier alpha value is -2.96. The Morgan fingerprint density at radius 1 is 1.25 bits per heavy atom. The number of carbonyl (C=O) groups is 2. The molecular weight excluding hydrogens is 306 g/mol. The smallest absolute Gasteiger partial charge is 0.239 e. The van der Waals surface area contributed by atoms with Crippen molar-refractivity contribution in [1.29, 1.82) is 0 Å². The quantitative estimate of drug-likeness (QED) is 0.739. The van der Waals surface area contributed by atoms with E-state index in [1.165, 1.54) is 0 Å². The summed E-state index contributed by atoms with van der Waals surface area (Å²) in [6.07, 6.45) is 1.79. The first-order chi connectivity index (χ1) is 11.6. The molecule has 0 unspecified atom stereocenters. The van der Waals surface area contributed by atoms with E-state index in [0.717, 1.165) is 11.1 Å². The maximum atomic E-state index is 12.1. The van der Waals surface area contributed by atoms with E-state index < -0.39 is 0 Å². The number of carbonyl (C=O) groups excluding carboxylic acids is 2. The van der Waals surface area contributed by atoms with Crippen molar-refractivity contribution in [2.75, 3.05) is 12.3 Å². The monoisotopic (exact) mass is 325 g/mol. The van der Waals surface area contributed by atoms with Gasteiger partial charge in [0.2, 0.25) is 11.9 Å². The van der Waals surface area contributed by atoms with E-state index in [1.54, 1.807) is 0 Å².